The normalized spacial score (nSPS) is 10.9. The topological polar surface area (TPSA) is 65.7 Å². The number of hydrogen-bond acceptors (Lipinski definition) is 3. The van der Waals surface area contributed by atoms with Gasteiger partial charge in [-0.25, -0.2) is 0 Å². The highest BCUT2D eigenvalue weighted by molar-refractivity contribution is 9.13. The van der Waals surface area contributed by atoms with Gasteiger partial charge in [0.05, 0.1) is 13.8 Å². The largest absolute Gasteiger partial charge is 0.314 e. The van der Waals surface area contributed by atoms with Crippen molar-refractivity contribution in [1.29, 1.82) is 0 Å². The summed E-state index contributed by atoms with van der Waals surface area (Å²) in [7, 11) is 0. The zero-order valence-electron chi connectivity index (χ0n) is 5.98. The van der Waals surface area contributed by atoms with Crippen LogP contribution in [0.2, 0.25) is 0 Å². The Morgan fingerprint density at radius 3 is 2.38 bits per heavy atom. The molecule has 0 unspecified atom stereocenters. The Labute approximate surface area is 92.3 Å². The summed E-state index contributed by atoms with van der Waals surface area (Å²) in [6.45, 7) is 0. The average molecular weight is 326 g/mol. The third-order valence-electron chi connectivity index (χ3n) is 1.48. The van der Waals surface area contributed by atoms with E-state index >= 15 is 0 Å². The summed E-state index contributed by atoms with van der Waals surface area (Å²) in [5.41, 5.74) is -0.659. The highest BCUT2D eigenvalue weighted by Crippen LogP contribution is 2.35. The first kappa shape index (κ1) is 9.17. The van der Waals surface area contributed by atoms with Gasteiger partial charge in [0.25, 0.3) is 0 Å². The molecule has 0 aliphatic rings. The minimum Gasteiger partial charge on any atom is -0.314 e. The van der Waals surface area contributed by atoms with Crippen LogP contribution in [0.4, 0.5) is 0 Å². The Hall–Kier alpha value is -0.400. The van der Waals surface area contributed by atoms with Crippen LogP contribution >= 0.6 is 43.2 Å². The minimum absolute atomic E-state index is 0.612. The fourth-order valence-corrected chi connectivity index (χ4v) is 3.04. The van der Waals surface area contributed by atoms with Gasteiger partial charge < -0.3 is 9.97 Å². The van der Waals surface area contributed by atoms with E-state index in [2.05, 4.69) is 41.8 Å². The monoisotopic (exact) mass is 324 g/mol. The van der Waals surface area contributed by atoms with Crippen LogP contribution in [0.3, 0.4) is 0 Å². The van der Waals surface area contributed by atoms with Gasteiger partial charge in [0.15, 0.2) is 0 Å². The van der Waals surface area contributed by atoms with E-state index < -0.39 is 11.1 Å². The van der Waals surface area contributed by atoms with Gasteiger partial charge in [0.2, 0.25) is 0 Å². The van der Waals surface area contributed by atoms with Crippen LogP contribution in [0, 0.1) is 0 Å². The van der Waals surface area contributed by atoms with E-state index in [-0.39, 0.29) is 0 Å². The predicted octanol–water partition coefficient (Wildman–Crippen LogP) is 1.80. The summed E-state index contributed by atoms with van der Waals surface area (Å²) in [4.78, 5) is 27.5. The second-order valence-electron chi connectivity index (χ2n) is 2.30. The van der Waals surface area contributed by atoms with Gasteiger partial charge in [-0.05, 0) is 31.9 Å². The standard InChI is InChI=1S/C6H2Br2N2O2S/c7-1-2-6(13-3(1)8)10-5(12)4(11)9-2/h(H,9,11)(H,10,12). The quantitative estimate of drug-likeness (QED) is 0.725. The zero-order chi connectivity index (χ0) is 9.59. The van der Waals surface area contributed by atoms with Crippen molar-refractivity contribution in [3.05, 3.63) is 29.0 Å². The summed E-state index contributed by atoms with van der Waals surface area (Å²) < 4.78 is 1.58. The SMILES string of the molecule is O=c1[nH]c2sc(Br)c(Br)c2[nH]c1=O. The fraction of sp³-hybridized carbons (Fsp3) is 0. The Morgan fingerprint density at radius 1 is 1.08 bits per heavy atom. The lowest BCUT2D eigenvalue weighted by atomic mass is 10.5. The summed E-state index contributed by atoms with van der Waals surface area (Å²) in [5, 5.41) is 0. The maximum Gasteiger partial charge on any atom is 0.314 e. The summed E-state index contributed by atoms with van der Waals surface area (Å²) in [6.07, 6.45) is 0. The van der Waals surface area contributed by atoms with Crippen LogP contribution in [-0.4, -0.2) is 9.97 Å². The average Bonchev–Trinajstić information content (AvgIpc) is 2.32. The molecule has 0 atom stereocenters. The maximum absolute atomic E-state index is 11.0. The molecule has 7 heteroatoms. The number of H-pyrrole nitrogens is 2. The number of thiophene rings is 1. The zero-order valence-corrected chi connectivity index (χ0v) is 9.97. The maximum atomic E-state index is 11.0. The third-order valence-corrected chi connectivity index (χ3v) is 4.85. The first-order valence-electron chi connectivity index (χ1n) is 3.19. The van der Waals surface area contributed by atoms with Crippen molar-refractivity contribution in [3.63, 3.8) is 0 Å². The van der Waals surface area contributed by atoms with Crippen molar-refractivity contribution >= 4 is 53.5 Å². The van der Waals surface area contributed by atoms with Crippen molar-refractivity contribution in [2.24, 2.45) is 0 Å². The molecule has 4 nitrogen and oxygen atoms in total. The molecule has 2 aromatic heterocycles. The molecule has 13 heavy (non-hydrogen) atoms. The van der Waals surface area contributed by atoms with Crippen LogP contribution < -0.4 is 11.1 Å². The van der Waals surface area contributed by atoms with Crippen molar-refractivity contribution in [1.82, 2.24) is 9.97 Å². The number of aromatic nitrogens is 2. The Morgan fingerprint density at radius 2 is 1.69 bits per heavy atom. The Balaban J connectivity index is 3.06. The minimum atomic E-state index is -0.640. The number of nitrogens with one attached hydrogen (secondary N) is 2. The van der Waals surface area contributed by atoms with Crippen LogP contribution in [0.5, 0.6) is 0 Å². The lowest BCUT2D eigenvalue weighted by Gasteiger charge is -1.87. The van der Waals surface area contributed by atoms with Gasteiger partial charge >= 0.3 is 11.1 Å². The highest BCUT2D eigenvalue weighted by atomic mass is 79.9. The molecular weight excluding hydrogens is 324 g/mol. The number of fused-ring (bicyclic) bond motifs is 1. The molecule has 0 aromatic carbocycles. The van der Waals surface area contributed by atoms with Gasteiger partial charge in [-0.2, -0.15) is 0 Å². The molecule has 0 saturated carbocycles. The molecular formula is C6H2Br2N2O2S. The summed E-state index contributed by atoms with van der Waals surface area (Å²) >= 11 is 7.91. The molecule has 2 aromatic rings. The van der Waals surface area contributed by atoms with Crippen LogP contribution in [-0.2, 0) is 0 Å². The fourth-order valence-electron chi connectivity index (χ4n) is 0.913. The molecule has 2 N–H and O–H groups in total. The van der Waals surface area contributed by atoms with Gasteiger partial charge in [-0.1, -0.05) is 0 Å². The second kappa shape index (κ2) is 3.07. The summed E-state index contributed by atoms with van der Waals surface area (Å²) in [5.74, 6) is 0. The van der Waals surface area contributed by atoms with E-state index in [4.69, 9.17) is 0 Å². The van der Waals surface area contributed by atoms with E-state index in [1.54, 1.807) is 0 Å². The van der Waals surface area contributed by atoms with Gasteiger partial charge in [-0.15, -0.1) is 11.3 Å². The molecule has 0 aliphatic carbocycles. The van der Waals surface area contributed by atoms with E-state index in [1.807, 2.05) is 0 Å². The molecule has 2 heterocycles. The molecule has 0 amide bonds. The third kappa shape index (κ3) is 1.40. The smallest absolute Gasteiger partial charge is 0.314 e. The molecule has 0 spiro atoms. The number of aromatic amines is 2. The first-order chi connectivity index (χ1) is 6.09. The molecule has 68 valence electrons. The first-order valence-corrected chi connectivity index (χ1v) is 5.60. The molecule has 0 saturated heterocycles. The Bertz CT molecular complexity index is 582. The van der Waals surface area contributed by atoms with E-state index in [1.165, 1.54) is 11.3 Å². The Kier molecular flexibility index (Phi) is 2.17. The molecule has 0 fully saturated rings. The van der Waals surface area contributed by atoms with Crippen molar-refractivity contribution < 1.29 is 0 Å². The van der Waals surface area contributed by atoms with Crippen LogP contribution in [0.25, 0.3) is 10.3 Å². The van der Waals surface area contributed by atoms with Crippen molar-refractivity contribution in [3.8, 4) is 0 Å². The van der Waals surface area contributed by atoms with Gasteiger partial charge in [-0.3, -0.25) is 9.59 Å². The van der Waals surface area contributed by atoms with E-state index in [0.717, 1.165) is 8.26 Å². The van der Waals surface area contributed by atoms with E-state index in [9.17, 15) is 9.59 Å². The van der Waals surface area contributed by atoms with Gasteiger partial charge in [0.1, 0.15) is 4.83 Å². The molecule has 0 radical (unpaired) electrons. The van der Waals surface area contributed by atoms with Crippen molar-refractivity contribution in [2.45, 2.75) is 0 Å². The number of hydrogen-bond donors (Lipinski definition) is 2. The molecule has 0 bridgehead atoms. The number of rotatable bonds is 0. The van der Waals surface area contributed by atoms with E-state index in [0.29, 0.717) is 10.3 Å². The lowest BCUT2D eigenvalue weighted by molar-refractivity contribution is 1.16. The lowest BCUT2D eigenvalue weighted by Crippen LogP contribution is -2.28. The predicted molar refractivity (Wildman–Crippen MR) is 58.5 cm³/mol. The van der Waals surface area contributed by atoms with Crippen LogP contribution in [0.1, 0.15) is 0 Å². The highest BCUT2D eigenvalue weighted by Gasteiger charge is 2.09. The summed E-state index contributed by atoms with van der Waals surface area (Å²) in [6, 6.07) is 0. The molecule has 2 rings (SSSR count). The van der Waals surface area contributed by atoms with Gasteiger partial charge in [0, 0.05) is 0 Å². The second-order valence-corrected chi connectivity index (χ2v) is 5.43. The molecule has 0 aliphatic heterocycles. The van der Waals surface area contributed by atoms with Crippen LogP contribution in [0.15, 0.2) is 17.8 Å². The number of halogens is 2. The van der Waals surface area contributed by atoms with Crippen molar-refractivity contribution in [2.75, 3.05) is 0 Å².